The van der Waals surface area contributed by atoms with Gasteiger partial charge < -0.3 is 9.80 Å². The zero-order chi connectivity index (χ0) is 18.1. The lowest BCUT2D eigenvalue weighted by Crippen LogP contribution is -2.26. The van der Waals surface area contributed by atoms with E-state index in [1.165, 1.54) is 11.3 Å². The average molecular weight is 385 g/mol. The van der Waals surface area contributed by atoms with E-state index in [4.69, 9.17) is 23.2 Å². The first kappa shape index (κ1) is 17.3. The number of hydrogen-bond donors (Lipinski definition) is 0. The van der Waals surface area contributed by atoms with Crippen LogP contribution in [0.25, 0.3) is 11.4 Å². The van der Waals surface area contributed by atoms with E-state index in [2.05, 4.69) is 45.0 Å². The van der Waals surface area contributed by atoms with Gasteiger partial charge in [-0.2, -0.15) is 0 Å². The standard InChI is InChI=1S/C20H18Cl2N4/c1-25-9-10-26(16-4-5-17(21)18(22)12-16)19-6-3-14(11-15(19)13-25)20-23-7-2-8-24-20/h2-8,11-12H,9-10,13H2,1H3. The van der Waals surface area contributed by atoms with Crippen molar-refractivity contribution in [1.29, 1.82) is 0 Å². The van der Waals surface area contributed by atoms with Gasteiger partial charge in [-0.1, -0.05) is 23.2 Å². The molecule has 0 spiro atoms. The van der Waals surface area contributed by atoms with Gasteiger partial charge in [-0.3, -0.25) is 0 Å². The van der Waals surface area contributed by atoms with Crippen LogP contribution in [0.5, 0.6) is 0 Å². The van der Waals surface area contributed by atoms with Gasteiger partial charge in [0.2, 0.25) is 0 Å². The van der Waals surface area contributed by atoms with Gasteiger partial charge in [-0.15, -0.1) is 0 Å². The van der Waals surface area contributed by atoms with Gasteiger partial charge in [0.05, 0.1) is 10.0 Å². The van der Waals surface area contributed by atoms with Crippen LogP contribution in [-0.2, 0) is 6.54 Å². The number of nitrogens with zero attached hydrogens (tertiary/aromatic N) is 4. The van der Waals surface area contributed by atoms with E-state index >= 15 is 0 Å². The third-order valence-corrected chi connectivity index (χ3v) is 5.29. The molecular formula is C20H18Cl2N4. The van der Waals surface area contributed by atoms with Crippen LogP contribution in [0.4, 0.5) is 11.4 Å². The maximum atomic E-state index is 6.25. The van der Waals surface area contributed by atoms with Crippen LogP contribution in [0.1, 0.15) is 5.56 Å². The summed E-state index contributed by atoms with van der Waals surface area (Å²) in [5.74, 6) is 0.739. The van der Waals surface area contributed by atoms with E-state index in [0.717, 1.165) is 36.7 Å². The molecule has 3 aromatic rings. The summed E-state index contributed by atoms with van der Waals surface area (Å²) >= 11 is 12.3. The molecule has 132 valence electrons. The van der Waals surface area contributed by atoms with Crippen molar-refractivity contribution in [3.05, 3.63) is 70.5 Å². The Morgan fingerprint density at radius 2 is 1.73 bits per heavy atom. The number of fused-ring (bicyclic) bond motifs is 1. The van der Waals surface area contributed by atoms with Gasteiger partial charge in [-0.25, -0.2) is 9.97 Å². The van der Waals surface area contributed by atoms with E-state index in [9.17, 15) is 0 Å². The minimum absolute atomic E-state index is 0.567. The summed E-state index contributed by atoms with van der Waals surface area (Å²) < 4.78 is 0. The van der Waals surface area contributed by atoms with Gasteiger partial charge in [0.25, 0.3) is 0 Å². The van der Waals surface area contributed by atoms with Crippen molar-refractivity contribution >= 4 is 34.6 Å². The highest BCUT2D eigenvalue weighted by Gasteiger charge is 2.20. The molecular weight excluding hydrogens is 367 g/mol. The average Bonchev–Trinajstić information content (AvgIpc) is 2.82. The fourth-order valence-electron chi connectivity index (χ4n) is 3.24. The number of halogens is 2. The summed E-state index contributed by atoms with van der Waals surface area (Å²) in [7, 11) is 2.13. The zero-order valence-corrected chi connectivity index (χ0v) is 15.9. The maximum absolute atomic E-state index is 6.25. The Labute approximate surface area is 163 Å². The second-order valence-corrected chi connectivity index (χ2v) is 7.22. The molecule has 26 heavy (non-hydrogen) atoms. The molecule has 0 aliphatic carbocycles. The number of aromatic nitrogens is 2. The SMILES string of the molecule is CN1CCN(c2ccc(Cl)c(Cl)c2)c2ccc(-c3ncccn3)cc2C1. The number of benzene rings is 2. The Morgan fingerprint density at radius 1 is 0.923 bits per heavy atom. The number of likely N-dealkylation sites (N-methyl/N-ethyl adjacent to an activating group) is 1. The summed E-state index contributed by atoms with van der Waals surface area (Å²) in [6.45, 7) is 2.70. The predicted molar refractivity (Wildman–Crippen MR) is 107 cm³/mol. The van der Waals surface area contributed by atoms with Crippen molar-refractivity contribution in [2.24, 2.45) is 0 Å². The zero-order valence-electron chi connectivity index (χ0n) is 14.4. The first-order valence-electron chi connectivity index (χ1n) is 8.43. The highest BCUT2D eigenvalue weighted by Crippen LogP contribution is 2.36. The van der Waals surface area contributed by atoms with Crippen LogP contribution in [0.15, 0.2) is 54.9 Å². The summed E-state index contributed by atoms with van der Waals surface area (Å²) in [5.41, 5.74) is 4.47. The fraction of sp³-hybridized carbons (Fsp3) is 0.200. The van der Waals surface area contributed by atoms with Crippen LogP contribution in [-0.4, -0.2) is 35.0 Å². The second-order valence-electron chi connectivity index (χ2n) is 6.40. The highest BCUT2D eigenvalue weighted by atomic mass is 35.5. The Bertz CT molecular complexity index is 930. The number of rotatable bonds is 2. The molecule has 0 fully saturated rings. The molecule has 0 saturated carbocycles. The third-order valence-electron chi connectivity index (χ3n) is 4.55. The second kappa shape index (κ2) is 7.23. The lowest BCUT2D eigenvalue weighted by atomic mass is 10.1. The van der Waals surface area contributed by atoms with Crippen molar-refractivity contribution in [3.63, 3.8) is 0 Å². The summed E-state index contributed by atoms with van der Waals surface area (Å²) in [4.78, 5) is 13.3. The van der Waals surface area contributed by atoms with Crippen LogP contribution < -0.4 is 4.90 Å². The molecule has 0 atom stereocenters. The third kappa shape index (κ3) is 3.40. The Kier molecular flexibility index (Phi) is 4.81. The Hall–Kier alpha value is -2.14. The molecule has 0 amide bonds. The van der Waals surface area contributed by atoms with E-state index in [1.807, 2.05) is 24.3 Å². The minimum atomic E-state index is 0.567. The summed E-state index contributed by atoms with van der Waals surface area (Å²) in [5, 5.41) is 1.14. The van der Waals surface area contributed by atoms with Crippen LogP contribution in [0.2, 0.25) is 10.0 Å². The van der Waals surface area contributed by atoms with E-state index in [0.29, 0.717) is 10.0 Å². The molecule has 0 N–H and O–H groups in total. The maximum Gasteiger partial charge on any atom is 0.159 e. The topological polar surface area (TPSA) is 32.3 Å². The van der Waals surface area contributed by atoms with E-state index in [1.54, 1.807) is 12.4 Å². The molecule has 4 nitrogen and oxygen atoms in total. The highest BCUT2D eigenvalue weighted by molar-refractivity contribution is 6.42. The van der Waals surface area contributed by atoms with E-state index in [-0.39, 0.29) is 0 Å². The lowest BCUT2D eigenvalue weighted by molar-refractivity contribution is 0.343. The largest absolute Gasteiger partial charge is 0.340 e. The van der Waals surface area contributed by atoms with Gasteiger partial charge in [0, 0.05) is 49.0 Å². The molecule has 1 aromatic heterocycles. The normalized spacial score (nSPS) is 14.8. The molecule has 4 rings (SSSR count). The summed E-state index contributed by atoms with van der Waals surface area (Å²) in [6.07, 6.45) is 3.53. The first-order valence-corrected chi connectivity index (χ1v) is 9.19. The predicted octanol–water partition coefficient (Wildman–Crippen LogP) is 5.03. The number of anilines is 2. The molecule has 1 aliphatic heterocycles. The quantitative estimate of drug-likeness (QED) is 0.619. The molecule has 2 aromatic carbocycles. The monoisotopic (exact) mass is 384 g/mol. The van der Waals surface area contributed by atoms with Gasteiger partial charge >= 0.3 is 0 Å². The van der Waals surface area contributed by atoms with Gasteiger partial charge in [0.1, 0.15) is 0 Å². The van der Waals surface area contributed by atoms with Crippen molar-refractivity contribution in [1.82, 2.24) is 14.9 Å². The van der Waals surface area contributed by atoms with Gasteiger partial charge in [0.15, 0.2) is 5.82 Å². The van der Waals surface area contributed by atoms with Crippen molar-refractivity contribution in [3.8, 4) is 11.4 Å². The van der Waals surface area contributed by atoms with Crippen LogP contribution in [0, 0.1) is 0 Å². The summed E-state index contributed by atoms with van der Waals surface area (Å²) in [6, 6.07) is 14.0. The molecule has 2 heterocycles. The molecule has 6 heteroatoms. The number of hydrogen-bond acceptors (Lipinski definition) is 4. The minimum Gasteiger partial charge on any atom is -0.340 e. The van der Waals surface area contributed by atoms with Crippen molar-refractivity contribution < 1.29 is 0 Å². The molecule has 1 aliphatic rings. The van der Waals surface area contributed by atoms with Gasteiger partial charge in [-0.05, 0) is 55.1 Å². The molecule has 0 bridgehead atoms. The lowest BCUT2D eigenvalue weighted by Gasteiger charge is -2.25. The molecule has 0 radical (unpaired) electrons. The first-order chi connectivity index (χ1) is 12.6. The molecule has 0 saturated heterocycles. The Balaban J connectivity index is 1.79. The fourth-order valence-corrected chi connectivity index (χ4v) is 3.54. The van der Waals surface area contributed by atoms with Crippen LogP contribution in [0.3, 0.4) is 0 Å². The smallest absolute Gasteiger partial charge is 0.159 e. The van der Waals surface area contributed by atoms with E-state index < -0.39 is 0 Å². The van der Waals surface area contributed by atoms with Crippen molar-refractivity contribution in [2.45, 2.75) is 6.54 Å². The molecule has 0 unspecified atom stereocenters. The van der Waals surface area contributed by atoms with Crippen molar-refractivity contribution in [2.75, 3.05) is 25.0 Å². The Morgan fingerprint density at radius 3 is 2.50 bits per heavy atom. The van der Waals surface area contributed by atoms with Crippen LogP contribution >= 0.6 is 23.2 Å².